The molecule has 35 nitrogen and oxygen atoms in total. The number of aryl methyl sites for hydroxylation is 2. The molecule has 1 aliphatic rings. The molecule has 1 heterocycles. The van der Waals surface area contributed by atoms with E-state index >= 15 is 0 Å². The second-order valence-corrected chi connectivity index (χ2v) is 47.0. The van der Waals surface area contributed by atoms with Gasteiger partial charge in [0.25, 0.3) is 0 Å². The standard InChI is InChI=1S/C14H16O5S.C12H12O4.C11H9F3O7S.C10H10O5.C10H10O4S.C6H15N.C4H8O2.3C4H9.C2F6O5S2.C2H4OS.C2H3.2CH4.Na.H2O.Sn/c1-9(15)20-7-6-10-4-5-11(13(16)18-2)8-12(10)14(17)19-3;1-4-8-5-6-9(11(13)15-2)7-10(8)12(14)16-3;1-19-9(15)6-3-4-8(7(5-6)10(16)20-2)21-22(17,18)11(12,13)14;1-14-9(12)6-3-4-8(11)7(5-6)10(13)15-2;11-9(12)7-2-1-6(3-4-15)8(5-7)10(13)14;1-4-7(5-2)6-3;5-4-2-1-3-6-4;3*1-3-4-2;3-1(4,5)14(9,10)13-15(11,12)2(6,7)8;1-2(3)4;1-2;;;;;/h4-5,8H,6-7H2,1-3H3;4-7H,1H2,2-3H3;3-5H,1-2H3;3-5,11H,1-2H3;1-2,5,15H,3-4H2,(H,11,12)(H,13,14);4-6H2,1-3H3;4-5H,1-3H2;3*1,3-4H2,2H3;;1H3,(H,3,4);1H,2H2;2*1H4;;1H2;/q;;;;;;;;;;;;;;;+1;;/p-1. The molecule has 0 radical (unpaired) electrons. The number of carbonyl (C=O) groups is 12. The monoisotopic (exact) mass is 2230 g/mol. The molecule has 1 aliphatic heterocycles. The predicted octanol–water partition coefficient (Wildman–Crippen LogP) is 14.3. The minimum atomic E-state index is -6.85. The number of nitrogens with zero attached hydrogens (tertiary/aromatic N) is 1. The van der Waals surface area contributed by atoms with Crippen molar-refractivity contribution in [2.45, 2.75) is 171 Å². The number of hydrogen-bond donors (Lipinski definition) is 6. The molecule has 784 valence electrons. The number of methoxy groups -OCH3 is 8. The van der Waals surface area contributed by atoms with Crippen LogP contribution in [0.3, 0.4) is 0 Å². The van der Waals surface area contributed by atoms with Crippen molar-refractivity contribution >= 4 is 162 Å². The normalized spacial score (nSPS) is 11.6. The van der Waals surface area contributed by atoms with Gasteiger partial charge in [0.05, 0.1) is 101 Å². The van der Waals surface area contributed by atoms with E-state index in [1.165, 1.54) is 181 Å². The van der Waals surface area contributed by atoms with Crippen LogP contribution >= 0.6 is 37.0 Å². The molecule has 0 aromatic heterocycles. The van der Waals surface area contributed by atoms with Gasteiger partial charge >= 0.3 is 238 Å². The average molecular weight is 2230 g/mol. The molecule has 1 saturated heterocycles. The van der Waals surface area contributed by atoms with Gasteiger partial charge in [-0.2, -0.15) is 77.4 Å². The number of unbranched alkanes of at least 4 members (excludes halogenated alkanes) is 3. The van der Waals surface area contributed by atoms with Crippen LogP contribution in [0.2, 0.25) is 13.3 Å². The van der Waals surface area contributed by atoms with Crippen molar-refractivity contribution in [1.82, 2.24) is 4.90 Å². The number of carboxylic acid groups (broad SMARTS) is 2. The first-order valence-electron chi connectivity index (χ1n) is 39.8. The van der Waals surface area contributed by atoms with Crippen LogP contribution in [0, 0.1) is 0 Å². The number of aromatic hydroxyl groups is 1. The third-order valence-electron chi connectivity index (χ3n) is 17.3. The Morgan fingerprint density at radius 2 is 0.827 bits per heavy atom. The van der Waals surface area contributed by atoms with Crippen LogP contribution < -0.4 is 33.7 Å². The summed E-state index contributed by atoms with van der Waals surface area (Å²) in [4.78, 5) is 135. The van der Waals surface area contributed by atoms with E-state index in [1.54, 1.807) is 37.6 Å². The van der Waals surface area contributed by atoms with Gasteiger partial charge in [-0.05, 0) is 134 Å². The van der Waals surface area contributed by atoms with Crippen LogP contribution in [0.15, 0.2) is 108 Å². The number of aromatic carboxylic acids is 2. The number of thiol groups is 2. The summed E-state index contributed by atoms with van der Waals surface area (Å²) in [6.07, 6.45) is 12.4. The summed E-state index contributed by atoms with van der Waals surface area (Å²) in [6, 6.07) is 19.6. The second kappa shape index (κ2) is 75.0. The van der Waals surface area contributed by atoms with E-state index in [4.69, 9.17) is 24.8 Å². The minimum Gasteiger partial charge on any atom is -0.870 e. The third-order valence-corrected chi connectivity index (χ3v) is 35.9. The fourth-order valence-corrected chi connectivity index (χ4v) is 26.0. The number of ether oxygens (including phenoxy) is 9. The van der Waals surface area contributed by atoms with E-state index in [0.29, 0.717) is 58.2 Å². The fourth-order valence-electron chi connectivity index (χ4n) is 10.2. The molecule has 5 N–H and O–H groups in total. The van der Waals surface area contributed by atoms with Crippen LogP contribution in [-0.2, 0) is 99.0 Å². The summed E-state index contributed by atoms with van der Waals surface area (Å²) in [5.74, 6) is -7.76. The number of carboxylic acids is 2. The predicted molar refractivity (Wildman–Crippen MR) is 504 cm³/mol. The van der Waals surface area contributed by atoms with Gasteiger partial charge in [-0.15, -0.1) is 16.3 Å². The molecule has 1 fully saturated rings. The maximum Gasteiger partial charge on any atom is 1.00 e. The molecule has 0 saturated carbocycles. The first-order valence-corrected chi connectivity index (χ1v) is 53.8. The number of carbonyl (C=O) groups excluding carboxylic acids is 10. The topological polar surface area (TPSA) is 523 Å². The van der Waals surface area contributed by atoms with Crippen molar-refractivity contribution in [2.75, 3.05) is 94.6 Å². The molecule has 5 aromatic carbocycles. The Morgan fingerprint density at radius 3 is 1.14 bits per heavy atom. The van der Waals surface area contributed by atoms with E-state index in [2.05, 4.69) is 126 Å². The van der Waals surface area contributed by atoms with Gasteiger partial charge in [0.15, 0.2) is 22.3 Å². The molecule has 0 spiro atoms. The third kappa shape index (κ3) is 56.5. The number of aliphatic hydroxyl groups is 1. The zero-order chi connectivity index (χ0) is 105. The number of alkyl halides is 9. The Bertz CT molecular complexity index is 4970. The molecule has 5 aromatic rings. The summed E-state index contributed by atoms with van der Waals surface area (Å²) >= 11 is 6.67. The van der Waals surface area contributed by atoms with E-state index < -0.39 is 143 Å². The Hall–Kier alpha value is -8.91. The van der Waals surface area contributed by atoms with Gasteiger partial charge in [0, 0.05) is 32.6 Å². The van der Waals surface area contributed by atoms with Gasteiger partial charge in [-0.3, -0.25) is 9.59 Å². The molecular formula is C87H123F9NNaO34S6Sn. The van der Waals surface area contributed by atoms with Crippen molar-refractivity contribution in [3.05, 3.63) is 181 Å². The quantitative estimate of drug-likeness (QED) is 0.00432. The second-order valence-electron chi connectivity index (χ2n) is 26.6. The molecule has 6 rings (SSSR count). The number of halogens is 9. The van der Waals surface area contributed by atoms with Crippen molar-refractivity contribution in [3.8, 4) is 11.5 Å². The minimum absolute atomic E-state index is 0. The number of esters is 8. The number of benzene rings is 5. The van der Waals surface area contributed by atoms with E-state index in [0.717, 1.165) is 51.4 Å². The molecule has 52 heteroatoms. The summed E-state index contributed by atoms with van der Waals surface area (Å²) in [5.41, 5.74) is -15.8. The molecule has 0 bridgehead atoms. The van der Waals surface area contributed by atoms with E-state index in [1.807, 2.05) is 3.63 Å². The molecule has 0 aliphatic carbocycles. The number of rotatable bonds is 33. The van der Waals surface area contributed by atoms with Crippen LogP contribution in [-0.4, -0.2) is 262 Å². The SMILES string of the molecule is C.C.C=Cc1ccc(C(=O)OC)cc1C(=O)OC.C=[CH][Sn]([CH2]CCC)([CH2]CCC)[CH2]CCC.CC(=O)S.CCN(CC)CC.COC(=O)c1ccc(CCSC(C)=O)c(C(=O)OC)c1.COC(=O)c1ccc(O)c(C(=O)OC)c1.COC(=O)c1ccc(OS(=O)(=O)C(F)(F)F)c(C(=O)OC)c1.O=C(O)c1ccc(CCS)c(C(=O)O)c1.O=S(=O)(OS(=O)(=O)C(F)(F)F)C(F)(F)F.OC1CCCO1.[Na+].[OH-]. The zero-order valence-electron chi connectivity index (χ0n) is 78.2. The number of phenols is 1. The largest absolute Gasteiger partial charge is 1.00 e. The van der Waals surface area contributed by atoms with Crippen molar-refractivity contribution in [3.63, 3.8) is 0 Å². The zero-order valence-corrected chi connectivity index (χ0v) is 88.1. The molecular weight excluding hydrogens is 2110 g/mol. The van der Waals surface area contributed by atoms with Gasteiger partial charge in [-0.25, -0.2) is 47.9 Å². The average Bonchev–Trinajstić information content (AvgIpc) is 0.968. The van der Waals surface area contributed by atoms with E-state index in [9.17, 15) is 127 Å². The van der Waals surface area contributed by atoms with Gasteiger partial charge in [0.1, 0.15) is 16.9 Å². The number of hydrogen-bond acceptors (Lipinski definition) is 35. The smallest absolute Gasteiger partial charge is 0.870 e. The fraction of sp³-hybridized carbons (Fsp3) is 0.471. The number of phenolic OH excluding ortho intramolecular Hbond substituents is 1. The summed E-state index contributed by atoms with van der Waals surface area (Å²) in [6.45, 7) is 28.5. The Labute approximate surface area is 845 Å². The molecule has 1 unspecified atom stereocenters. The molecule has 0 amide bonds. The van der Waals surface area contributed by atoms with Crippen LogP contribution in [0.1, 0.15) is 242 Å². The summed E-state index contributed by atoms with van der Waals surface area (Å²) in [5, 5.41) is 35.3. The first kappa shape index (κ1) is 145. The van der Waals surface area contributed by atoms with Gasteiger partial charge in [-0.1, -0.05) is 78.2 Å². The molecule has 1 atom stereocenters. The van der Waals surface area contributed by atoms with Crippen molar-refractivity contribution in [1.29, 1.82) is 0 Å². The van der Waals surface area contributed by atoms with Crippen molar-refractivity contribution < 1.29 is 228 Å². The Balaban J connectivity index is -0.000000233. The maximum absolute atomic E-state index is 12.3. The Morgan fingerprint density at radius 1 is 0.496 bits per heavy atom. The van der Waals surface area contributed by atoms with Crippen LogP contribution in [0.5, 0.6) is 11.5 Å². The van der Waals surface area contributed by atoms with Crippen LogP contribution in [0.25, 0.3) is 6.08 Å². The molecule has 139 heavy (non-hydrogen) atoms. The summed E-state index contributed by atoms with van der Waals surface area (Å²) in [7, 11) is -10.2. The number of aliphatic hydroxyl groups excluding tert-OH is 1. The van der Waals surface area contributed by atoms with Gasteiger partial charge in [0.2, 0.25) is 0 Å². The Kier molecular flexibility index (Phi) is 78.4. The van der Waals surface area contributed by atoms with Gasteiger partial charge < -0.3 is 77.6 Å². The van der Waals surface area contributed by atoms with Crippen LogP contribution in [0.4, 0.5) is 39.5 Å². The maximum atomic E-state index is 12.3. The number of thioether (sulfide) groups is 1. The van der Waals surface area contributed by atoms with E-state index in [-0.39, 0.29) is 99.2 Å². The summed E-state index contributed by atoms with van der Waals surface area (Å²) < 4.78 is 221. The first-order chi connectivity index (χ1) is 62.7. The van der Waals surface area contributed by atoms with Crippen molar-refractivity contribution in [2.24, 2.45) is 0 Å².